The highest BCUT2D eigenvalue weighted by atomic mass is 16.3. The molecule has 0 bridgehead atoms. The molecule has 0 aliphatic rings. The number of fused-ring (bicyclic) bond motifs is 5. The molecule has 0 spiro atoms. The normalized spacial score (nSPS) is 11.6. The fraction of sp³-hybridized carbons (Fsp3) is 0.0222. The largest absolute Gasteiger partial charge is 0.456 e. The molecule has 46 heavy (non-hydrogen) atoms. The zero-order valence-electron chi connectivity index (χ0n) is 25.5. The van der Waals surface area contributed by atoms with Gasteiger partial charge < -0.3 is 4.42 Å². The van der Waals surface area contributed by atoms with E-state index in [4.69, 9.17) is 4.42 Å². The topological polar surface area (TPSA) is 13.1 Å². The summed E-state index contributed by atoms with van der Waals surface area (Å²) in [6.45, 7) is 2.10. The van der Waals surface area contributed by atoms with E-state index in [1.54, 1.807) is 0 Å². The molecule has 8 aromatic carbocycles. The van der Waals surface area contributed by atoms with Gasteiger partial charge >= 0.3 is 0 Å². The highest BCUT2D eigenvalue weighted by Crippen LogP contribution is 2.45. The van der Waals surface area contributed by atoms with E-state index in [9.17, 15) is 0 Å². The zero-order valence-corrected chi connectivity index (χ0v) is 25.5. The minimum atomic E-state index is 0.925. The van der Waals surface area contributed by atoms with Crippen LogP contribution in [0.3, 0.4) is 0 Å². The van der Waals surface area contributed by atoms with Crippen LogP contribution in [0.2, 0.25) is 0 Å². The molecular weight excluding hydrogens is 556 g/mol. The van der Waals surface area contributed by atoms with Crippen LogP contribution in [0.5, 0.6) is 0 Å². The molecule has 1 nitrogen and oxygen atoms in total. The van der Waals surface area contributed by atoms with Crippen LogP contribution in [0.15, 0.2) is 168 Å². The van der Waals surface area contributed by atoms with E-state index in [0.29, 0.717) is 0 Å². The van der Waals surface area contributed by atoms with Gasteiger partial charge in [0.05, 0.1) is 0 Å². The first-order chi connectivity index (χ1) is 22.7. The van der Waals surface area contributed by atoms with Gasteiger partial charge in [-0.05, 0) is 103 Å². The molecule has 216 valence electrons. The summed E-state index contributed by atoms with van der Waals surface area (Å²) in [6.07, 6.45) is 0. The smallest absolute Gasteiger partial charge is 0.138 e. The lowest BCUT2D eigenvalue weighted by Gasteiger charge is -2.19. The van der Waals surface area contributed by atoms with Crippen molar-refractivity contribution in [3.05, 3.63) is 169 Å². The van der Waals surface area contributed by atoms with E-state index < -0.39 is 0 Å². The first-order valence-corrected chi connectivity index (χ1v) is 15.8. The molecule has 0 amide bonds. The van der Waals surface area contributed by atoms with Gasteiger partial charge in [-0.3, -0.25) is 0 Å². The van der Waals surface area contributed by atoms with Crippen LogP contribution in [0, 0.1) is 6.92 Å². The minimum absolute atomic E-state index is 0.925. The third kappa shape index (κ3) is 4.24. The van der Waals surface area contributed by atoms with Gasteiger partial charge in [-0.1, -0.05) is 140 Å². The average molecular weight is 587 g/mol. The van der Waals surface area contributed by atoms with Gasteiger partial charge in [-0.25, -0.2) is 0 Å². The SMILES string of the molecule is Cc1cccc2c1oc1ccc(-c3cccc(-c4ccc5c(-c6ccccc6)c6ccccc6c(-c6ccccc6)c5c4)c3)cc12. The van der Waals surface area contributed by atoms with Crippen LogP contribution in [0.25, 0.3) is 88.0 Å². The van der Waals surface area contributed by atoms with E-state index in [-0.39, 0.29) is 0 Å². The summed E-state index contributed by atoms with van der Waals surface area (Å²) >= 11 is 0. The number of benzene rings is 8. The van der Waals surface area contributed by atoms with E-state index in [0.717, 1.165) is 27.5 Å². The van der Waals surface area contributed by atoms with Crippen molar-refractivity contribution in [1.29, 1.82) is 0 Å². The van der Waals surface area contributed by atoms with Crippen molar-refractivity contribution in [3.8, 4) is 44.5 Å². The second-order valence-corrected chi connectivity index (χ2v) is 12.1. The molecule has 0 aliphatic heterocycles. The molecule has 0 N–H and O–H groups in total. The molecule has 0 unspecified atom stereocenters. The van der Waals surface area contributed by atoms with Crippen molar-refractivity contribution in [3.63, 3.8) is 0 Å². The molecule has 0 fully saturated rings. The third-order valence-electron chi connectivity index (χ3n) is 9.37. The fourth-order valence-electron chi connectivity index (χ4n) is 7.19. The second-order valence-electron chi connectivity index (χ2n) is 12.1. The van der Waals surface area contributed by atoms with Crippen molar-refractivity contribution < 1.29 is 4.42 Å². The van der Waals surface area contributed by atoms with Crippen LogP contribution in [-0.4, -0.2) is 0 Å². The van der Waals surface area contributed by atoms with Crippen LogP contribution in [-0.2, 0) is 0 Å². The third-order valence-corrected chi connectivity index (χ3v) is 9.37. The summed E-state index contributed by atoms with van der Waals surface area (Å²) in [5.41, 5.74) is 12.8. The van der Waals surface area contributed by atoms with E-state index in [2.05, 4.69) is 171 Å². The Bertz CT molecular complexity index is 2570. The fourth-order valence-corrected chi connectivity index (χ4v) is 7.19. The molecule has 1 aromatic heterocycles. The Morgan fingerprint density at radius 1 is 0.326 bits per heavy atom. The number of hydrogen-bond donors (Lipinski definition) is 0. The van der Waals surface area contributed by atoms with Crippen molar-refractivity contribution in [2.45, 2.75) is 6.92 Å². The maximum Gasteiger partial charge on any atom is 0.138 e. The predicted octanol–water partition coefficient (Wildman–Crippen LogP) is 12.9. The van der Waals surface area contributed by atoms with Crippen molar-refractivity contribution in [2.75, 3.05) is 0 Å². The van der Waals surface area contributed by atoms with Gasteiger partial charge in [-0.2, -0.15) is 0 Å². The van der Waals surface area contributed by atoms with Crippen LogP contribution in [0.4, 0.5) is 0 Å². The number of para-hydroxylation sites is 1. The van der Waals surface area contributed by atoms with Gasteiger partial charge in [0.2, 0.25) is 0 Å². The molecule has 1 heteroatoms. The predicted molar refractivity (Wildman–Crippen MR) is 195 cm³/mol. The number of aryl methyl sites for hydroxylation is 1. The van der Waals surface area contributed by atoms with Crippen molar-refractivity contribution in [1.82, 2.24) is 0 Å². The van der Waals surface area contributed by atoms with Gasteiger partial charge in [-0.15, -0.1) is 0 Å². The number of furan rings is 1. The van der Waals surface area contributed by atoms with Crippen LogP contribution < -0.4 is 0 Å². The Labute approximate surface area is 268 Å². The van der Waals surface area contributed by atoms with Crippen LogP contribution >= 0.6 is 0 Å². The summed E-state index contributed by atoms with van der Waals surface area (Å²) < 4.78 is 6.23. The molecule has 9 rings (SSSR count). The van der Waals surface area contributed by atoms with Crippen LogP contribution in [0.1, 0.15) is 5.56 Å². The molecule has 0 saturated carbocycles. The van der Waals surface area contributed by atoms with Crippen molar-refractivity contribution >= 4 is 43.5 Å². The standard InChI is InChI=1S/C45H30O/c1-29-12-10-21-39-40-27-35(23-25-42(40)46-45(29)39)33-18-11-17-32(26-33)34-22-24-38-41(28-34)44(31-15-6-3-7-16-31)37-20-9-8-19-36(37)43(38)30-13-4-2-5-14-30/h2-28H,1H3. The second kappa shape index (κ2) is 10.6. The van der Waals surface area contributed by atoms with Gasteiger partial charge in [0.1, 0.15) is 11.2 Å². The Balaban J connectivity index is 1.26. The summed E-state index contributed by atoms with van der Waals surface area (Å²) in [5, 5.41) is 7.37. The summed E-state index contributed by atoms with van der Waals surface area (Å²) in [4.78, 5) is 0. The van der Waals surface area contributed by atoms with Gasteiger partial charge in [0.25, 0.3) is 0 Å². The quantitative estimate of drug-likeness (QED) is 0.187. The first-order valence-electron chi connectivity index (χ1n) is 15.8. The average Bonchev–Trinajstić information content (AvgIpc) is 3.50. The maximum atomic E-state index is 6.23. The Hall–Kier alpha value is -5.92. The lowest BCUT2D eigenvalue weighted by Crippen LogP contribution is -1.91. The Morgan fingerprint density at radius 3 is 1.48 bits per heavy atom. The number of rotatable bonds is 4. The highest BCUT2D eigenvalue weighted by Gasteiger charge is 2.17. The molecule has 0 radical (unpaired) electrons. The first kappa shape index (κ1) is 26.5. The minimum Gasteiger partial charge on any atom is -0.456 e. The molecule has 0 aliphatic carbocycles. The lowest BCUT2D eigenvalue weighted by atomic mass is 9.85. The monoisotopic (exact) mass is 586 g/mol. The van der Waals surface area contributed by atoms with E-state index in [1.807, 2.05) is 0 Å². The van der Waals surface area contributed by atoms with E-state index in [1.165, 1.54) is 66.1 Å². The zero-order chi connectivity index (χ0) is 30.6. The summed E-state index contributed by atoms with van der Waals surface area (Å²) in [6, 6.07) is 59.3. The molecule has 0 saturated heterocycles. The molecule has 9 aromatic rings. The molecule has 0 atom stereocenters. The summed E-state index contributed by atoms with van der Waals surface area (Å²) in [7, 11) is 0. The Kier molecular flexibility index (Phi) is 6.11. The Morgan fingerprint density at radius 2 is 0.804 bits per heavy atom. The molecular formula is C45H30O. The number of hydrogen-bond acceptors (Lipinski definition) is 1. The summed E-state index contributed by atoms with van der Waals surface area (Å²) in [5.74, 6) is 0. The highest BCUT2D eigenvalue weighted by molar-refractivity contribution is 6.22. The molecule has 1 heterocycles. The lowest BCUT2D eigenvalue weighted by molar-refractivity contribution is 0.666. The van der Waals surface area contributed by atoms with Gasteiger partial charge in [0, 0.05) is 10.8 Å². The maximum absolute atomic E-state index is 6.23. The van der Waals surface area contributed by atoms with E-state index >= 15 is 0 Å². The van der Waals surface area contributed by atoms with Crippen molar-refractivity contribution in [2.24, 2.45) is 0 Å². The van der Waals surface area contributed by atoms with Gasteiger partial charge in [0.15, 0.2) is 0 Å².